The van der Waals surface area contributed by atoms with Gasteiger partial charge in [-0.05, 0) is 12.1 Å². The van der Waals surface area contributed by atoms with Crippen molar-refractivity contribution in [1.82, 2.24) is 0 Å². The Morgan fingerprint density at radius 3 is 2.95 bits per heavy atom. The molecule has 1 aromatic carbocycles. The first-order chi connectivity index (χ1) is 9.05. The van der Waals surface area contributed by atoms with E-state index in [2.05, 4.69) is 5.16 Å². The van der Waals surface area contributed by atoms with E-state index in [4.69, 9.17) is 14.7 Å². The van der Waals surface area contributed by atoms with Gasteiger partial charge in [0.15, 0.2) is 9.84 Å². The summed E-state index contributed by atoms with van der Waals surface area (Å²) in [7, 11) is -3.02. The average Bonchev–Trinajstić information content (AvgIpc) is 2.81. The summed E-state index contributed by atoms with van der Waals surface area (Å²) in [5, 5.41) is 11.9. The highest BCUT2D eigenvalue weighted by Crippen LogP contribution is 2.29. The molecule has 1 aliphatic heterocycles. The van der Waals surface area contributed by atoms with E-state index in [1.54, 1.807) is 25.1 Å². The molecule has 0 saturated carbocycles. The van der Waals surface area contributed by atoms with Gasteiger partial charge < -0.3 is 14.7 Å². The maximum atomic E-state index is 11.3. The summed E-state index contributed by atoms with van der Waals surface area (Å²) in [6.07, 6.45) is 0. The fraction of sp³-hybridized carbons (Fsp3) is 0.417. The van der Waals surface area contributed by atoms with E-state index in [0.717, 1.165) is 5.56 Å². The van der Waals surface area contributed by atoms with Crippen LogP contribution in [0.25, 0.3) is 0 Å². The van der Waals surface area contributed by atoms with Crippen LogP contribution in [0.3, 0.4) is 0 Å². The molecule has 1 aromatic rings. The van der Waals surface area contributed by atoms with Crippen LogP contribution in [0.5, 0.6) is 11.5 Å². The van der Waals surface area contributed by atoms with Crippen molar-refractivity contribution in [2.75, 3.05) is 24.7 Å². The third-order valence-corrected chi connectivity index (χ3v) is 4.52. The molecule has 0 aromatic heterocycles. The molecule has 0 atom stereocenters. The number of hydrogen-bond acceptors (Lipinski definition) is 6. The third kappa shape index (κ3) is 3.17. The van der Waals surface area contributed by atoms with Gasteiger partial charge in [0, 0.05) is 17.4 Å². The lowest BCUT2D eigenvalue weighted by atomic mass is 10.1. The zero-order valence-electron chi connectivity index (χ0n) is 10.5. The van der Waals surface area contributed by atoms with E-state index in [1.165, 1.54) is 0 Å². The molecule has 0 saturated heterocycles. The molecule has 0 bridgehead atoms. The van der Waals surface area contributed by atoms with Crippen molar-refractivity contribution in [2.45, 2.75) is 6.92 Å². The van der Waals surface area contributed by atoms with Crippen LogP contribution in [-0.4, -0.2) is 44.1 Å². The largest absolute Gasteiger partial charge is 0.492 e. The first kappa shape index (κ1) is 13.7. The fourth-order valence-corrected chi connectivity index (χ4v) is 2.31. The molecule has 0 spiro atoms. The number of nitrogens with zero attached hydrogens (tertiary/aromatic N) is 1. The molecular formula is C12H15NO5S. The average molecular weight is 285 g/mol. The van der Waals surface area contributed by atoms with E-state index in [1.807, 2.05) is 0 Å². The van der Waals surface area contributed by atoms with Gasteiger partial charge >= 0.3 is 0 Å². The molecule has 1 aliphatic rings. The van der Waals surface area contributed by atoms with Crippen LogP contribution in [0.4, 0.5) is 0 Å². The molecular weight excluding hydrogens is 270 g/mol. The number of oxime groups is 1. The second-order valence-electron chi connectivity index (χ2n) is 4.08. The molecule has 7 heteroatoms. The minimum Gasteiger partial charge on any atom is -0.492 e. The van der Waals surface area contributed by atoms with Crippen molar-refractivity contribution in [3.8, 4) is 11.5 Å². The summed E-state index contributed by atoms with van der Waals surface area (Å²) in [4.78, 5) is 0. The van der Waals surface area contributed by atoms with Crippen molar-refractivity contribution in [2.24, 2.45) is 5.16 Å². The minimum absolute atomic E-state index is 0.00914. The lowest BCUT2D eigenvalue weighted by Crippen LogP contribution is -2.15. The first-order valence-electron chi connectivity index (χ1n) is 5.87. The second kappa shape index (κ2) is 5.48. The normalized spacial score (nSPS) is 16.2. The lowest BCUT2D eigenvalue weighted by molar-refractivity contribution is 0.313. The maximum Gasteiger partial charge on any atom is 0.153 e. The molecule has 1 N–H and O–H groups in total. The molecule has 2 rings (SSSR count). The van der Waals surface area contributed by atoms with Gasteiger partial charge in [-0.15, -0.1) is 0 Å². The molecule has 1 heterocycles. The van der Waals surface area contributed by atoms with Crippen LogP contribution in [0.2, 0.25) is 0 Å². The van der Waals surface area contributed by atoms with Crippen LogP contribution in [0, 0.1) is 0 Å². The number of benzene rings is 1. The summed E-state index contributed by atoms with van der Waals surface area (Å²) < 4.78 is 33.3. The molecule has 0 radical (unpaired) electrons. The van der Waals surface area contributed by atoms with E-state index in [-0.39, 0.29) is 24.7 Å². The number of fused-ring (bicyclic) bond motifs is 1. The summed E-state index contributed by atoms with van der Waals surface area (Å²) in [5.74, 6) is 1.21. The van der Waals surface area contributed by atoms with Crippen molar-refractivity contribution in [1.29, 1.82) is 0 Å². The van der Waals surface area contributed by atoms with Crippen molar-refractivity contribution >= 4 is 15.5 Å². The monoisotopic (exact) mass is 285 g/mol. The van der Waals surface area contributed by atoms with E-state index in [9.17, 15) is 8.42 Å². The topological polar surface area (TPSA) is 85.2 Å². The molecule has 0 fully saturated rings. The Morgan fingerprint density at radius 2 is 2.26 bits per heavy atom. The predicted molar refractivity (Wildman–Crippen MR) is 70.1 cm³/mol. The molecule has 0 unspecified atom stereocenters. The molecule has 0 amide bonds. The van der Waals surface area contributed by atoms with Crippen LogP contribution in [-0.2, 0) is 9.84 Å². The number of rotatable bonds is 5. The van der Waals surface area contributed by atoms with Gasteiger partial charge in [0.2, 0.25) is 0 Å². The summed E-state index contributed by atoms with van der Waals surface area (Å²) in [6.45, 7) is 1.93. The van der Waals surface area contributed by atoms with Crippen LogP contribution < -0.4 is 9.47 Å². The highest BCUT2D eigenvalue weighted by molar-refractivity contribution is 7.91. The maximum absolute atomic E-state index is 11.3. The minimum atomic E-state index is -3.02. The Kier molecular flexibility index (Phi) is 3.94. The Balaban J connectivity index is 2.01. The summed E-state index contributed by atoms with van der Waals surface area (Å²) in [5.41, 5.74) is 1.19. The predicted octanol–water partition coefficient (Wildman–Crippen LogP) is 1.07. The van der Waals surface area contributed by atoms with Gasteiger partial charge in [0.1, 0.15) is 30.4 Å². The van der Waals surface area contributed by atoms with Gasteiger partial charge in [-0.2, -0.15) is 0 Å². The van der Waals surface area contributed by atoms with Gasteiger partial charge in [-0.25, -0.2) is 8.42 Å². The van der Waals surface area contributed by atoms with Gasteiger partial charge in [-0.3, -0.25) is 0 Å². The van der Waals surface area contributed by atoms with Gasteiger partial charge in [-0.1, -0.05) is 12.1 Å². The van der Waals surface area contributed by atoms with Crippen molar-refractivity contribution in [3.05, 3.63) is 23.8 Å². The molecule has 6 nitrogen and oxygen atoms in total. The smallest absolute Gasteiger partial charge is 0.153 e. The van der Waals surface area contributed by atoms with Gasteiger partial charge in [0.05, 0.1) is 5.75 Å². The fourth-order valence-electron chi connectivity index (χ4n) is 1.69. The number of sulfone groups is 1. The van der Waals surface area contributed by atoms with Gasteiger partial charge in [0.25, 0.3) is 0 Å². The Bertz CT molecular complexity index is 594. The molecule has 19 heavy (non-hydrogen) atoms. The van der Waals surface area contributed by atoms with Crippen LogP contribution >= 0.6 is 0 Å². The highest BCUT2D eigenvalue weighted by atomic mass is 32.2. The van der Waals surface area contributed by atoms with E-state index >= 15 is 0 Å². The first-order valence-corrected chi connectivity index (χ1v) is 7.69. The third-order valence-electron chi connectivity index (χ3n) is 2.85. The molecule has 104 valence electrons. The SMILES string of the molecule is CCS(=O)(=O)CCOc1ccc2c(c1)OCC2=NO. The van der Waals surface area contributed by atoms with E-state index in [0.29, 0.717) is 17.2 Å². The lowest BCUT2D eigenvalue weighted by Gasteiger charge is -2.07. The van der Waals surface area contributed by atoms with Crippen molar-refractivity contribution in [3.63, 3.8) is 0 Å². The molecule has 0 aliphatic carbocycles. The quantitative estimate of drug-likeness (QED) is 0.646. The summed E-state index contributed by atoms with van der Waals surface area (Å²) in [6, 6.07) is 5.07. The number of hydrogen-bond donors (Lipinski definition) is 1. The highest BCUT2D eigenvalue weighted by Gasteiger charge is 2.20. The second-order valence-corrected chi connectivity index (χ2v) is 6.55. The van der Waals surface area contributed by atoms with Crippen LogP contribution in [0.15, 0.2) is 23.4 Å². The van der Waals surface area contributed by atoms with E-state index < -0.39 is 9.84 Å². The number of ether oxygens (including phenoxy) is 2. The standard InChI is InChI=1S/C12H15NO5S/c1-2-19(15,16)6-5-17-9-3-4-10-11(13-14)8-18-12(10)7-9/h3-4,7,14H,2,5-6,8H2,1H3. The Hall–Kier alpha value is -1.76. The Morgan fingerprint density at radius 1 is 1.47 bits per heavy atom. The zero-order valence-corrected chi connectivity index (χ0v) is 11.3. The Labute approximate surface area is 111 Å². The zero-order chi connectivity index (χ0) is 13.9. The van der Waals surface area contributed by atoms with Crippen molar-refractivity contribution < 1.29 is 23.1 Å². The summed E-state index contributed by atoms with van der Waals surface area (Å²) >= 11 is 0. The van der Waals surface area contributed by atoms with Crippen LogP contribution in [0.1, 0.15) is 12.5 Å².